The van der Waals surface area contributed by atoms with E-state index in [-0.39, 0.29) is 0 Å². The number of hydrogen-bond acceptors (Lipinski definition) is 3. The molecule has 0 aliphatic heterocycles. The summed E-state index contributed by atoms with van der Waals surface area (Å²) in [4.78, 5) is 0. The monoisotopic (exact) mass is 312 g/mol. The fourth-order valence-corrected chi connectivity index (χ4v) is 2.07. The molecule has 3 nitrogen and oxygen atoms in total. The fraction of sp³-hybridized carbons (Fsp3) is 0.250. The molecule has 0 fully saturated rings. The molecule has 1 aromatic carbocycles. The van der Waals surface area contributed by atoms with Crippen molar-refractivity contribution in [3.8, 4) is 6.57 Å². The van der Waals surface area contributed by atoms with Crippen LogP contribution < -0.4 is 5.73 Å². The molecule has 0 saturated heterocycles. The Morgan fingerprint density at radius 1 is 1.22 bits per heavy atom. The maximum Gasteiger partial charge on any atom is 0.0462 e. The third-order valence-corrected chi connectivity index (χ3v) is 3.13. The van der Waals surface area contributed by atoms with E-state index in [9.17, 15) is 0 Å². The molecule has 0 bridgehead atoms. The Hall–Kier alpha value is -2.41. The highest BCUT2D eigenvalue weighted by molar-refractivity contribution is 5.69. The lowest BCUT2D eigenvalue weighted by Gasteiger charge is -2.14. The number of aliphatic hydroxyl groups excluding tert-OH is 1. The van der Waals surface area contributed by atoms with Crippen molar-refractivity contribution in [3.63, 3.8) is 0 Å². The highest BCUT2D eigenvalue weighted by atomic mass is 16.2. The van der Waals surface area contributed by atoms with Crippen LogP contribution in [0.15, 0.2) is 71.9 Å². The smallest absolute Gasteiger partial charge is 0.0462 e. The maximum absolute atomic E-state index is 7.00. The van der Waals surface area contributed by atoms with Gasteiger partial charge >= 0.3 is 0 Å². The Morgan fingerprint density at radius 2 is 1.74 bits per heavy atom. The summed E-state index contributed by atoms with van der Waals surface area (Å²) in [6.45, 7) is 11.9. The molecule has 0 saturated carbocycles. The standard InChI is InChI=1S/C17H18.CH5N.CHN.CH4O/c1-13-8-7-9-14(2)17(13)12-15(3)16-10-5-4-6-11-16;3*1-2/h4-7,9-12H,1,8H2,2-3H3;2H2,1H3;1H;2H,1H3/b15-12+;;;. The molecular formula is C20H28N2O. The summed E-state index contributed by atoms with van der Waals surface area (Å²) in [6.07, 6.45) is 7.56. The van der Waals surface area contributed by atoms with Crippen molar-refractivity contribution in [3.05, 3.63) is 77.4 Å². The lowest BCUT2D eigenvalue weighted by molar-refractivity contribution is 0.399. The van der Waals surface area contributed by atoms with Gasteiger partial charge in [-0.15, -0.1) is 0 Å². The number of nitriles is 1. The van der Waals surface area contributed by atoms with Crippen LogP contribution in [0.1, 0.15) is 25.8 Å². The van der Waals surface area contributed by atoms with Crippen molar-refractivity contribution < 1.29 is 5.11 Å². The SMILES string of the molecule is C#N.C=C1CC=CC(C)=C1/C=C(\C)c1ccccc1.CN.CO. The van der Waals surface area contributed by atoms with Crippen molar-refractivity contribution in [2.24, 2.45) is 5.73 Å². The summed E-state index contributed by atoms with van der Waals surface area (Å²) in [5, 5.41) is 13.5. The van der Waals surface area contributed by atoms with Gasteiger partial charge in [-0.2, -0.15) is 0 Å². The highest BCUT2D eigenvalue weighted by Gasteiger charge is 2.07. The summed E-state index contributed by atoms with van der Waals surface area (Å²) in [5.74, 6) is 0. The molecule has 1 aromatic rings. The average molecular weight is 312 g/mol. The van der Waals surface area contributed by atoms with E-state index in [1.807, 2.05) is 6.07 Å². The number of aliphatic hydroxyl groups is 1. The molecule has 0 heterocycles. The van der Waals surface area contributed by atoms with Crippen molar-refractivity contribution in [2.45, 2.75) is 20.3 Å². The highest BCUT2D eigenvalue weighted by Crippen LogP contribution is 2.27. The number of nitrogens with two attached hydrogens (primary N) is 1. The van der Waals surface area contributed by atoms with E-state index in [1.54, 1.807) is 0 Å². The Morgan fingerprint density at radius 3 is 2.22 bits per heavy atom. The van der Waals surface area contributed by atoms with Crippen LogP contribution in [0.3, 0.4) is 0 Å². The van der Waals surface area contributed by atoms with E-state index in [1.165, 1.54) is 34.9 Å². The number of hydrogen-bond donors (Lipinski definition) is 2. The van der Waals surface area contributed by atoms with Crippen molar-refractivity contribution in [1.29, 1.82) is 5.26 Å². The van der Waals surface area contributed by atoms with Crippen LogP contribution in [0, 0.1) is 11.8 Å². The normalized spacial score (nSPS) is 12.9. The van der Waals surface area contributed by atoms with Crippen LogP contribution in [0.25, 0.3) is 5.57 Å². The first-order valence-electron chi connectivity index (χ1n) is 7.26. The zero-order valence-electron chi connectivity index (χ0n) is 14.6. The Bertz CT molecular complexity index is 564. The molecular weight excluding hydrogens is 284 g/mol. The molecule has 0 radical (unpaired) electrons. The number of nitrogens with zero attached hydrogens (tertiary/aromatic N) is 1. The Labute approximate surface area is 140 Å². The lowest BCUT2D eigenvalue weighted by Crippen LogP contribution is -1.94. The third kappa shape index (κ3) is 7.96. The zero-order chi connectivity index (χ0) is 18.3. The van der Waals surface area contributed by atoms with Gasteiger partial charge in [-0.1, -0.05) is 55.1 Å². The summed E-state index contributed by atoms with van der Waals surface area (Å²) in [6, 6.07) is 10.5. The van der Waals surface area contributed by atoms with E-state index in [0.29, 0.717) is 0 Å². The summed E-state index contributed by atoms with van der Waals surface area (Å²) < 4.78 is 0. The van der Waals surface area contributed by atoms with Crippen molar-refractivity contribution in [2.75, 3.05) is 14.2 Å². The van der Waals surface area contributed by atoms with Gasteiger partial charge in [-0.3, -0.25) is 0 Å². The number of benzene rings is 1. The molecule has 1 aliphatic carbocycles. The van der Waals surface area contributed by atoms with Crippen LogP contribution in [-0.2, 0) is 0 Å². The van der Waals surface area contributed by atoms with Crippen molar-refractivity contribution in [1.82, 2.24) is 0 Å². The average Bonchev–Trinajstić information content (AvgIpc) is 2.64. The van der Waals surface area contributed by atoms with Crippen LogP contribution >= 0.6 is 0 Å². The molecule has 0 unspecified atom stereocenters. The minimum absolute atomic E-state index is 0.964. The van der Waals surface area contributed by atoms with E-state index < -0.39 is 0 Å². The van der Waals surface area contributed by atoms with Gasteiger partial charge in [0.15, 0.2) is 0 Å². The molecule has 1 aliphatic rings. The molecule has 124 valence electrons. The number of allylic oxidation sites excluding steroid dienone is 7. The van der Waals surface area contributed by atoms with Gasteiger partial charge in [0.05, 0.1) is 0 Å². The Balaban J connectivity index is 0. The molecule has 0 spiro atoms. The van der Waals surface area contributed by atoms with Gasteiger partial charge in [-0.25, -0.2) is 5.26 Å². The second-order valence-corrected chi connectivity index (χ2v) is 4.50. The molecule has 3 heteroatoms. The summed E-state index contributed by atoms with van der Waals surface area (Å²) in [7, 11) is 2.50. The first kappa shape index (κ1) is 22.9. The minimum Gasteiger partial charge on any atom is -0.400 e. The van der Waals surface area contributed by atoms with Gasteiger partial charge in [-0.05, 0) is 55.2 Å². The fourth-order valence-electron chi connectivity index (χ4n) is 2.07. The van der Waals surface area contributed by atoms with Crippen LogP contribution in [0.2, 0.25) is 0 Å². The molecule has 0 aromatic heterocycles. The van der Waals surface area contributed by atoms with Gasteiger partial charge in [0.1, 0.15) is 0 Å². The quantitative estimate of drug-likeness (QED) is 0.858. The van der Waals surface area contributed by atoms with E-state index in [4.69, 9.17) is 10.4 Å². The molecule has 3 N–H and O–H groups in total. The third-order valence-electron chi connectivity index (χ3n) is 3.13. The lowest BCUT2D eigenvalue weighted by atomic mass is 9.91. The van der Waals surface area contributed by atoms with Gasteiger partial charge in [0, 0.05) is 13.7 Å². The minimum atomic E-state index is 0.964. The van der Waals surface area contributed by atoms with E-state index in [0.717, 1.165) is 13.5 Å². The predicted molar refractivity (Wildman–Crippen MR) is 101 cm³/mol. The zero-order valence-corrected chi connectivity index (χ0v) is 14.6. The number of rotatable bonds is 2. The van der Waals surface area contributed by atoms with Crippen LogP contribution in [-0.4, -0.2) is 19.3 Å². The molecule has 23 heavy (non-hydrogen) atoms. The first-order valence-corrected chi connectivity index (χ1v) is 7.26. The maximum atomic E-state index is 7.00. The molecule has 0 amide bonds. The van der Waals surface area contributed by atoms with Crippen LogP contribution in [0.5, 0.6) is 0 Å². The molecule has 2 rings (SSSR count). The van der Waals surface area contributed by atoms with Gasteiger partial charge in [0.25, 0.3) is 0 Å². The predicted octanol–water partition coefficient (Wildman–Crippen LogP) is 4.25. The first-order chi connectivity index (χ1) is 11.2. The second-order valence-electron chi connectivity index (χ2n) is 4.50. The van der Waals surface area contributed by atoms with Crippen molar-refractivity contribution >= 4 is 5.57 Å². The topological polar surface area (TPSA) is 70.0 Å². The van der Waals surface area contributed by atoms with E-state index >= 15 is 0 Å². The summed E-state index contributed by atoms with van der Waals surface area (Å²) >= 11 is 0. The summed E-state index contributed by atoms with van der Waals surface area (Å²) in [5.41, 5.74) is 10.9. The van der Waals surface area contributed by atoms with Gasteiger partial charge in [0.2, 0.25) is 0 Å². The largest absolute Gasteiger partial charge is 0.400 e. The molecule has 0 atom stereocenters. The van der Waals surface area contributed by atoms with Gasteiger partial charge < -0.3 is 10.8 Å². The second kappa shape index (κ2) is 14.5. The Kier molecular flexibility index (Phi) is 14.4. The van der Waals surface area contributed by atoms with E-state index in [2.05, 4.69) is 75.2 Å². The van der Waals surface area contributed by atoms with Crippen LogP contribution in [0.4, 0.5) is 0 Å².